The third-order valence-electron chi connectivity index (χ3n) is 16.4. The Hall–Kier alpha value is -7.10. The summed E-state index contributed by atoms with van der Waals surface area (Å²) in [5.74, 6) is 0.251. The molecule has 0 spiro atoms. The number of allylic oxidation sites excluding steroid dienone is 2. The third kappa shape index (κ3) is 6.68. The van der Waals surface area contributed by atoms with Gasteiger partial charge in [0.2, 0.25) is 0 Å². The average molecular weight is 924 g/mol. The fourth-order valence-electron chi connectivity index (χ4n) is 12.3. The molecule has 0 fully saturated rings. The first-order valence-corrected chi connectivity index (χ1v) is 25.9. The zero-order chi connectivity index (χ0) is 49.3. The van der Waals surface area contributed by atoms with Crippen molar-refractivity contribution < 1.29 is 0 Å². The number of aromatic nitrogens is 2. The maximum absolute atomic E-state index is 2.63. The van der Waals surface area contributed by atoms with E-state index in [1.165, 1.54) is 121 Å². The molecule has 2 aliphatic rings. The lowest BCUT2D eigenvalue weighted by Crippen LogP contribution is -2.30. The van der Waals surface area contributed by atoms with Gasteiger partial charge in [-0.15, -0.1) is 0 Å². The molecule has 0 N–H and O–H groups in total. The SMILES string of the molecule is CC(C)(C)C1=CC2c3cc(C(C)(C)C)ccc3N(c3ccc4c5ccc(-n6c7ccc(C(C)(C)C)cc7c7cc(C(C)(C)C)ccc76)cc5n(-c5cc6ccc7cccc8ccc(c5)c6c78)c4c3)C2C=C1. The highest BCUT2D eigenvalue weighted by atomic mass is 15.2. The summed E-state index contributed by atoms with van der Waals surface area (Å²) in [6.07, 6.45) is 7.44. The molecule has 1 aliphatic heterocycles. The maximum atomic E-state index is 2.63. The molecule has 2 atom stereocenters. The Balaban J connectivity index is 1.08. The Morgan fingerprint density at radius 1 is 0.380 bits per heavy atom. The minimum Gasteiger partial charge on any atom is -0.333 e. The van der Waals surface area contributed by atoms with E-state index in [1.807, 2.05) is 0 Å². The molecule has 13 rings (SSSR count). The number of nitrogens with zero attached hydrogens (tertiary/aromatic N) is 3. The zero-order valence-electron chi connectivity index (χ0n) is 43.6. The van der Waals surface area contributed by atoms with Crippen LogP contribution >= 0.6 is 0 Å². The lowest BCUT2D eigenvalue weighted by Gasteiger charge is -2.32. The van der Waals surface area contributed by atoms with Crippen molar-refractivity contribution in [1.82, 2.24) is 9.13 Å². The molecule has 352 valence electrons. The maximum Gasteiger partial charge on any atom is 0.0629 e. The van der Waals surface area contributed by atoms with Crippen LogP contribution in [-0.2, 0) is 16.2 Å². The summed E-state index contributed by atoms with van der Waals surface area (Å²) in [4.78, 5) is 2.63. The summed E-state index contributed by atoms with van der Waals surface area (Å²) in [6.45, 7) is 27.9. The van der Waals surface area contributed by atoms with Gasteiger partial charge in [0.1, 0.15) is 0 Å². The van der Waals surface area contributed by atoms with Crippen molar-refractivity contribution in [2.24, 2.45) is 5.41 Å². The van der Waals surface area contributed by atoms with E-state index in [-0.39, 0.29) is 33.6 Å². The Morgan fingerprint density at radius 3 is 1.44 bits per heavy atom. The number of fused-ring (bicyclic) bond motifs is 9. The lowest BCUT2D eigenvalue weighted by molar-refractivity contribution is 0.507. The van der Waals surface area contributed by atoms with E-state index in [4.69, 9.17) is 0 Å². The van der Waals surface area contributed by atoms with Crippen LogP contribution in [-0.4, -0.2) is 15.2 Å². The Morgan fingerprint density at radius 2 is 0.873 bits per heavy atom. The van der Waals surface area contributed by atoms with E-state index in [0.29, 0.717) is 0 Å². The highest BCUT2D eigenvalue weighted by Crippen LogP contribution is 2.52. The summed E-state index contributed by atoms with van der Waals surface area (Å²) in [5.41, 5.74) is 16.7. The van der Waals surface area contributed by atoms with Crippen molar-refractivity contribution >= 4 is 87.3 Å². The highest BCUT2D eigenvalue weighted by molar-refractivity contribution is 6.24. The second kappa shape index (κ2) is 14.7. The van der Waals surface area contributed by atoms with E-state index in [0.717, 1.165) is 5.69 Å². The van der Waals surface area contributed by atoms with Crippen molar-refractivity contribution in [3.8, 4) is 11.4 Å². The molecule has 3 nitrogen and oxygen atoms in total. The summed E-state index contributed by atoms with van der Waals surface area (Å²) in [7, 11) is 0. The van der Waals surface area contributed by atoms with Crippen molar-refractivity contribution in [1.29, 1.82) is 0 Å². The van der Waals surface area contributed by atoms with Crippen LogP contribution in [0.3, 0.4) is 0 Å². The molecule has 0 amide bonds. The van der Waals surface area contributed by atoms with Gasteiger partial charge in [-0.2, -0.15) is 0 Å². The molecule has 71 heavy (non-hydrogen) atoms. The van der Waals surface area contributed by atoms with Crippen LogP contribution in [0.15, 0.2) is 169 Å². The smallest absolute Gasteiger partial charge is 0.0629 e. The summed E-state index contributed by atoms with van der Waals surface area (Å²) in [5, 5.41) is 12.9. The van der Waals surface area contributed by atoms with Gasteiger partial charge in [0, 0.05) is 50.2 Å². The van der Waals surface area contributed by atoms with Gasteiger partial charge in [-0.1, -0.05) is 180 Å². The minimum absolute atomic E-state index is 0.0257. The van der Waals surface area contributed by atoms with Crippen LogP contribution in [0.4, 0.5) is 11.4 Å². The molecule has 9 aromatic carbocycles. The van der Waals surface area contributed by atoms with Crippen molar-refractivity contribution in [3.05, 3.63) is 192 Å². The van der Waals surface area contributed by atoms with Gasteiger partial charge in [-0.3, -0.25) is 0 Å². The fraction of sp³-hybridized carbons (Fsp3) is 0.265. The standard InChI is InChI=1S/C68H65N3/c1-65(2,3)44-20-28-57-53(34-44)54-35-45(66(4,5)6)21-29-58(54)69(57)48-24-26-51-52-27-25-49(70-59-30-22-46(67(7,8)9)36-55(59)56-37-47(68(10,11)12)23-31-60(56)70)39-62(52)71(61(51)38-48)50-32-42-18-16-40-14-13-15-41-17-19-43(33-50)64(42)63(40)41/h13-39,53,57H,1-12H3. The third-order valence-corrected chi connectivity index (χ3v) is 16.4. The normalized spacial score (nSPS) is 16.7. The molecule has 3 heteroatoms. The number of rotatable bonds is 3. The molecule has 0 saturated heterocycles. The van der Waals surface area contributed by atoms with Crippen LogP contribution in [0.5, 0.6) is 0 Å². The van der Waals surface area contributed by atoms with E-state index in [2.05, 4.69) is 261 Å². The Kier molecular flexibility index (Phi) is 9.11. The number of benzene rings is 9. The van der Waals surface area contributed by atoms with Crippen LogP contribution in [0.2, 0.25) is 0 Å². The van der Waals surface area contributed by atoms with E-state index in [9.17, 15) is 0 Å². The van der Waals surface area contributed by atoms with E-state index < -0.39 is 0 Å². The molecule has 2 aromatic heterocycles. The Bertz CT molecular complexity index is 3960. The monoisotopic (exact) mass is 924 g/mol. The first-order chi connectivity index (χ1) is 33.7. The first kappa shape index (κ1) is 43.9. The molecule has 1 aliphatic carbocycles. The molecule has 0 bridgehead atoms. The van der Waals surface area contributed by atoms with Crippen LogP contribution in [0.25, 0.3) is 87.3 Å². The number of hydrogen-bond acceptors (Lipinski definition) is 1. The first-order valence-electron chi connectivity index (χ1n) is 25.9. The average Bonchev–Trinajstić information content (AvgIpc) is 3.96. The van der Waals surface area contributed by atoms with Crippen LogP contribution in [0, 0.1) is 5.41 Å². The summed E-state index contributed by atoms with van der Waals surface area (Å²) >= 11 is 0. The molecule has 0 radical (unpaired) electrons. The largest absolute Gasteiger partial charge is 0.333 e. The van der Waals surface area contributed by atoms with E-state index in [1.54, 1.807) is 0 Å². The molecule has 11 aromatic rings. The lowest BCUT2D eigenvalue weighted by atomic mass is 9.77. The topological polar surface area (TPSA) is 13.1 Å². The van der Waals surface area contributed by atoms with E-state index >= 15 is 0 Å². The van der Waals surface area contributed by atoms with Crippen molar-refractivity contribution in [2.75, 3.05) is 4.90 Å². The molecule has 3 heterocycles. The van der Waals surface area contributed by atoms with Crippen LogP contribution in [0.1, 0.15) is 111 Å². The number of hydrogen-bond donors (Lipinski definition) is 0. The minimum atomic E-state index is 0.0257. The van der Waals surface area contributed by atoms with Gasteiger partial charge >= 0.3 is 0 Å². The second-order valence-corrected chi connectivity index (χ2v) is 25.2. The quantitative estimate of drug-likeness (QED) is 0.161. The molecular weight excluding hydrogens is 859 g/mol. The molecule has 2 unspecified atom stereocenters. The van der Waals surface area contributed by atoms with Gasteiger partial charge in [0.25, 0.3) is 0 Å². The van der Waals surface area contributed by atoms with Crippen molar-refractivity contribution in [3.63, 3.8) is 0 Å². The zero-order valence-corrected chi connectivity index (χ0v) is 43.6. The molecular formula is C68H65N3. The van der Waals surface area contributed by atoms with Gasteiger partial charge in [0.15, 0.2) is 0 Å². The van der Waals surface area contributed by atoms with Gasteiger partial charge in [-0.05, 0) is 149 Å². The van der Waals surface area contributed by atoms with Crippen molar-refractivity contribution in [2.45, 2.75) is 111 Å². The fourth-order valence-corrected chi connectivity index (χ4v) is 12.3. The highest BCUT2D eigenvalue weighted by Gasteiger charge is 2.40. The molecule has 0 saturated carbocycles. The number of anilines is 2. The van der Waals surface area contributed by atoms with Crippen LogP contribution < -0.4 is 4.90 Å². The Labute approximate surface area is 419 Å². The summed E-state index contributed by atoms with van der Waals surface area (Å²) < 4.78 is 5.08. The predicted octanol–water partition coefficient (Wildman–Crippen LogP) is 18.8. The second-order valence-electron chi connectivity index (χ2n) is 25.2. The predicted molar refractivity (Wildman–Crippen MR) is 307 cm³/mol. The summed E-state index contributed by atoms with van der Waals surface area (Å²) in [6, 6.07) is 57.0. The van der Waals surface area contributed by atoms with Gasteiger partial charge < -0.3 is 14.0 Å². The van der Waals surface area contributed by atoms with Gasteiger partial charge in [-0.25, -0.2) is 0 Å². The van der Waals surface area contributed by atoms with Gasteiger partial charge in [0.05, 0.1) is 28.1 Å².